The molecule has 0 unspecified atom stereocenters. The molecule has 1 amide bonds. The minimum absolute atomic E-state index is 0.159. The monoisotopic (exact) mass is 418 g/mol. The van der Waals surface area contributed by atoms with Crippen molar-refractivity contribution >= 4 is 21.8 Å². The van der Waals surface area contributed by atoms with E-state index in [9.17, 15) is 4.79 Å². The van der Waals surface area contributed by atoms with E-state index in [1.807, 2.05) is 6.07 Å². The second kappa shape index (κ2) is 8.82. The lowest BCUT2D eigenvalue weighted by Gasteiger charge is -2.27. The number of hydrogen-bond donors (Lipinski definition) is 2. The van der Waals surface area contributed by atoms with Gasteiger partial charge in [-0.15, -0.1) is 0 Å². The molecule has 0 radical (unpaired) electrons. The summed E-state index contributed by atoms with van der Waals surface area (Å²) >= 11 is 3.50. The van der Waals surface area contributed by atoms with Gasteiger partial charge in [0, 0.05) is 13.1 Å². The quantitative estimate of drug-likeness (QED) is 0.738. The van der Waals surface area contributed by atoms with Crippen molar-refractivity contribution in [2.75, 3.05) is 13.1 Å². The Morgan fingerprint density at radius 2 is 1.92 bits per heavy atom. The van der Waals surface area contributed by atoms with E-state index >= 15 is 0 Å². The van der Waals surface area contributed by atoms with Gasteiger partial charge in [0.25, 0.3) is 5.91 Å². The van der Waals surface area contributed by atoms with Gasteiger partial charge in [0.2, 0.25) is 0 Å². The number of halogens is 1. The van der Waals surface area contributed by atoms with Crippen LogP contribution in [0.2, 0.25) is 0 Å². The number of piperidine rings is 1. The Labute approximate surface area is 163 Å². The molecule has 1 aromatic heterocycles. The van der Waals surface area contributed by atoms with Crippen LogP contribution in [-0.4, -0.2) is 34.1 Å². The van der Waals surface area contributed by atoms with Gasteiger partial charge in [-0.05, 0) is 58.9 Å². The lowest BCUT2D eigenvalue weighted by Crippen LogP contribution is -2.30. The number of aromatic amines is 1. The molecule has 1 aromatic carbocycles. The molecule has 0 atom stereocenters. The fourth-order valence-corrected chi connectivity index (χ4v) is 4.19. The van der Waals surface area contributed by atoms with Crippen molar-refractivity contribution < 1.29 is 4.79 Å². The maximum atomic E-state index is 12.5. The third kappa shape index (κ3) is 4.54. The summed E-state index contributed by atoms with van der Waals surface area (Å²) in [5, 5.41) is 10.1. The van der Waals surface area contributed by atoms with Crippen molar-refractivity contribution in [3.05, 3.63) is 51.3 Å². The van der Waals surface area contributed by atoms with Crippen LogP contribution in [-0.2, 0) is 13.1 Å². The number of rotatable bonds is 6. The van der Waals surface area contributed by atoms with Gasteiger partial charge >= 0.3 is 0 Å². The molecule has 26 heavy (non-hydrogen) atoms. The van der Waals surface area contributed by atoms with Crippen molar-refractivity contribution in [3.8, 4) is 0 Å². The zero-order chi connectivity index (χ0) is 18.5. The molecule has 5 nitrogen and oxygen atoms in total. The summed E-state index contributed by atoms with van der Waals surface area (Å²) in [6.45, 7) is 7.93. The third-order valence-corrected chi connectivity index (χ3v) is 5.73. The van der Waals surface area contributed by atoms with Gasteiger partial charge in [0.05, 0.1) is 10.2 Å². The SMILES string of the molecule is CC(C)c1[nH]nc(C(=O)NCc2ccccc2CN2CCCCC2)c1Br. The first-order valence-electron chi connectivity index (χ1n) is 9.37. The average molecular weight is 419 g/mol. The Bertz CT molecular complexity index is 750. The van der Waals surface area contributed by atoms with Crippen LogP contribution in [0.25, 0.3) is 0 Å². The molecule has 1 fully saturated rings. The van der Waals surface area contributed by atoms with Gasteiger partial charge < -0.3 is 5.32 Å². The van der Waals surface area contributed by atoms with E-state index in [1.54, 1.807) is 0 Å². The predicted octanol–water partition coefficient (Wildman–Crippen LogP) is 4.21. The summed E-state index contributed by atoms with van der Waals surface area (Å²) in [5.41, 5.74) is 3.82. The standard InChI is InChI=1S/C20H27BrN4O/c1-14(2)18-17(21)19(24-23-18)20(26)22-12-15-8-4-5-9-16(15)13-25-10-6-3-7-11-25/h4-5,8-9,14H,3,6-7,10-13H2,1-2H3,(H,22,26)(H,23,24). The molecule has 140 valence electrons. The van der Waals surface area contributed by atoms with Gasteiger partial charge in [-0.2, -0.15) is 5.10 Å². The van der Waals surface area contributed by atoms with Crippen molar-refractivity contribution in [3.63, 3.8) is 0 Å². The number of likely N-dealkylation sites (tertiary alicyclic amines) is 1. The maximum Gasteiger partial charge on any atom is 0.273 e. The molecule has 6 heteroatoms. The lowest BCUT2D eigenvalue weighted by atomic mass is 10.0. The van der Waals surface area contributed by atoms with Gasteiger partial charge in [-0.1, -0.05) is 44.5 Å². The van der Waals surface area contributed by atoms with Crippen LogP contribution in [0, 0.1) is 0 Å². The molecule has 1 aliphatic rings. The highest BCUT2D eigenvalue weighted by atomic mass is 79.9. The first-order chi connectivity index (χ1) is 12.6. The summed E-state index contributed by atoms with van der Waals surface area (Å²) in [5.74, 6) is 0.122. The fraction of sp³-hybridized carbons (Fsp3) is 0.500. The Kier molecular flexibility index (Phi) is 6.48. The number of nitrogens with one attached hydrogen (secondary N) is 2. The van der Waals surface area contributed by atoms with Crippen molar-refractivity contribution in [1.29, 1.82) is 0 Å². The molecule has 0 spiro atoms. The molecule has 2 aromatic rings. The molecular formula is C20H27BrN4O. The molecule has 3 rings (SSSR count). The fourth-order valence-electron chi connectivity index (χ4n) is 3.38. The van der Waals surface area contributed by atoms with E-state index < -0.39 is 0 Å². The van der Waals surface area contributed by atoms with Gasteiger partial charge in [0.15, 0.2) is 5.69 Å². The number of benzene rings is 1. The molecule has 0 saturated carbocycles. The summed E-state index contributed by atoms with van der Waals surface area (Å²) in [6, 6.07) is 8.36. The van der Waals surface area contributed by atoms with Gasteiger partial charge in [0.1, 0.15) is 0 Å². The van der Waals surface area contributed by atoms with Crippen LogP contribution in [0.1, 0.15) is 66.3 Å². The molecule has 0 bridgehead atoms. The second-order valence-corrected chi connectivity index (χ2v) is 8.04. The van der Waals surface area contributed by atoms with Crippen LogP contribution in [0.15, 0.2) is 28.7 Å². The van der Waals surface area contributed by atoms with E-state index in [-0.39, 0.29) is 11.8 Å². The zero-order valence-corrected chi connectivity index (χ0v) is 17.1. The summed E-state index contributed by atoms with van der Waals surface area (Å²) in [4.78, 5) is 15.0. The number of H-pyrrole nitrogens is 1. The Balaban J connectivity index is 1.65. The highest BCUT2D eigenvalue weighted by Crippen LogP contribution is 2.25. The molecular weight excluding hydrogens is 392 g/mol. The van der Waals surface area contributed by atoms with Gasteiger partial charge in [-0.25, -0.2) is 0 Å². The topological polar surface area (TPSA) is 61.0 Å². The summed E-state index contributed by atoms with van der Waals surface area (Å²) in [6.07, 6.45) is 3.90. The Hall–Kier alpha value is -1.66. The third-order valence-electron chi connectivity index (χ3n) is 4.93. The molecule has 1 aliphatic heterocycles. The van der Waals surface area contributed by atoms with Crippen LogP contribution in [0.5, 0.6) is 0 Å². The number of carbonyl (C=O) groups is 1. The first kappa shape index (κ1) is 19.1. The largest absolute Gasteiger partial charge is 0.347 e. The lowest BCUT2D eigenvalue weighted by molar-refractivity contribution is 0.0945. The maximum absolute atomic E-state index is 12.5. The van der Waals surface area contributed by atoms with Crippen LogP contribution < -0.4 is 5.32 Å². The highest BCUT2D eigenvalue weighted by Gasteiger charge is 2.19. The number of aromatic nitrogens is 2. The molecule has 1 saturated heterocycles. The first-order valence-corrected chi connectivity index (χ1v) is 10.2. The number of nitrogens with zero attached hydrogens (tertiary/aromatic N) is 2. The molecule has 2 N–H and O–H groups in total. The second-order valence-electron chi connectivity index (χ2n) is 7.24. The molecule has 2 heterocycles. The highest BCUT2D eigenvalue weighted by molar-refractivity contribution is 9.10. The minimum atomic E-state index is -0.159. The Morgan fingerprint density at radius 3 is 2.58 bits per heavy atom. The summed E-state index contributed by atoms with van der Waals surface area (Å²) < 4.78 is 0.756. The van der Waals surface area contributed by atoms with E-state index in [0.717, 1.165) is 16.7 Å². The van der Waals surface area contributed by atoms with Crippen molar-refractivity contribution in [2.24, 2.45) is 0 Å². The number of carbonyl (C=O) groups excluding carboxylic acids is 1. The average Bonchev–Trinajstić information content (AvgIpc) is 3.03. The van der Waals surface area contributed by atoms with Crippen LogP contribution in [0.3, 0.4) is 0 Å². The smallest absolute Gasteiger partial charge is 0.273 e. The van der Waals surface area contributed by atoms with E-state index in [1.165, 1.54) is 43.5 Å². The van der Waals surface area contributed by atoms with Crippen molar-refractivity contribution in [2.45, 2.75) is 52.1 Å². The minimum Gasteiger partial charge on any atom is -0.347 e. The van der Waals surface area contributed by atoms with Crippen LogP contribution in [0.4, 0.5) is 0 Å². The molecule has 0 aliphatic carbocycles. The van der Waals surface area contributed by atoms with Crippen LogP contribution >= 0.6 is 15.9 Å². The van der Waals surface area contributed by atoms with Gasteiger partial charge in [-0.3, -0.25) is 14.8 Å². The predicted molar refractivity (Wildman–Crippen MR) is 107 cm³/mol. The van der Waals surface area contributed by atoms with Crippen molar-refractivity contribution in [1.82, 2.24) is 20.4 Å². The van der Waals surface area contributed by atoms with E-state index in [0.29, 0.717) is 12.2 Å². The number of amides is 1. The number of hydrogen-bond acceptors (Lipinski definition) is 3. The van der Waals surface area contributed by atoms with E-state index in [4.69, 9.17) is 0 Å². The zero-order valence-electron chi connectivity index (χ0n) is 15.5. The van der Waals surface area contributed by atoms with E-state index in [2.05, 4.69) is 68.4 Å². The Morgan fingerprint density at radius 1 is 1.23 bits per heavy atom. The normalized spacial score (nSPS) is 15.4. The summed E-state index contributed by atoms with van der Waals surface area (Å²) in [7, 11) is 0.